The van der Waals surface area contributed by atoms with Crippen molar-refractivity contribution in [3.63, 3.8) is 0 Å². The quantitative estimate of drug-likeness (QED) is 0.890. The van der Waals surface area contributed by atoms with Gasteiger partial charge in [-0.05, 0) is 42.8 Å². The van der Waals surface area contributed by atoms with E-state index in [0.717, 1.165) is 11.3 Å². The van der Waals surface area contributed by atoms with Gasteiger partial charge in [-0.25, -0.2) is 4.39 Å². The first-order valence-corrected chi connectivity index (χ1v) is 5.85. The summed E-state index contributed by atoms with van der Waals surface area (Å²) in [7, 11) is 1.91. The van der Waals surface area contributed by atoms with Crippen molar-refractivity contribution in [2.75, 3.05) is 11.9 Å². The number of phenols is 1. The molecule has 18 heavy (non-hydrogen) atoms. The molecule has 0 radical (unpaired) electrons. The molecule has 2 aromatic carbocycles. The Morgan fingerprint density at radius 1 is 1.11 bits per heavy atom. The van der Waals surface area contributed by atoms with Crippen LogP contribution in [-0.4, -0.2) is 12.2 Å². The monoisotopic (exact) mass is 245 g/mol. The van der Waals surface area contributed by atoms with Gasteiger partial charge in [0.15, 0.2) is 0 Å². The second-order valence-corrected chi connectivity index (χ2v) is 4.36. The Labute approximate surface area is 106 Å². The lowest BCUT2D eigenvalue weighted by Crippen LogP contribution is -2.21. The van der Waals surface area contributed by atoms with Crippen LogP contribution in [0, 0.1) is 5.82 Å². The zero-order valence-electron chi connectivity index (χ0n) is 10.5. The normalized spacial score (nSPS) is 12.2. The van der Waals surface area contributed by atoms with Crippen LogP contribution in [0.15, 0.2) is 48.5 Å². The van der Waals surface area contributed by atoms with Crippen molar-refractivity contribution in [3.05, 3.63) is 59.9 Å². The highest BCUT2D eigenvalue weighted by Crippen LogP contribution is 2.27. The Balaban J connectivity index is 2.26. The van der Waals surface area contributed by atoms with Gasteiger partial charge in [0.2, 0.25) is 0 Å². The average molecular weight is 245 g/mol. The van der Waals surface area contributed by atoms with Crippen molar-refractivity contribution >= 4 is 5.69 Å². The van der Waals surface area contributed by atoms with Crippen molar-refractivity contribution < 1.29 is 9.50 Å². The minimum Gasteiger partial charge on any atom is -0.508 e. The molecule has 0 aliphatic heterocycles. The lowest BCUT2D eigenvalue weighted by molar-refractivity contribution is 0.474. The molecule has 0 heterocycles. The van der Waals surface area contributed by atoms with Gasteiger partial charge in [0.05, 0.1) is 6.04 Å². The standard InChI is InChI=1S/C15H16FNO/c1-11(12-5-3-8-15(18)9-12)17(2)14-7-4-6-13(16)10-14/h3-11,18H,1-2H3. The molecular weight excluding hydrogens is 229 g/mol. The molecule has 0 bridgehead atoms. The summed E-state index contributed by atoms with van der Waals surface area (Å²) in [5, 5.41) is 9.48. The maximum atomic E-state index is 13.2. The topological polar surface area (TPSA) is 23.5 Å². The second-order valence-electron chi connectivity index (χ2n) is 4.36. The molecule has 0 saturated carbocycles. The summed E-state index contributed by atoms with van der Waals surface area (Å²) in [5.74, 6) is -0.00514. The van der Waals surface area contributed by atoms with Crippen LogP contribution >= 0.6 is 0 Å². The van der Waals surface area contributed by atoms with Gasteiger partial charge in [0, 0.05) is 12.7 Å². The van der Waals surface area contributed by atoms with Crippen LogP contribution in [0.2, 0.25) is 0 Å². The Hall–Kier alpha value is -2.03. The van der Waals surface area contributed by atoms with Gasteiger partial charge in [0.25, 0.3) is 0 Å². The Kier molecular flexibility index (Phi) is 3.51. The molecule has 0 aliphatic carbocycles. The SMILES string of the molecule is CC(c1cccc(O)c1)N(C)c1cccc(F)c1. The van der Waals surface area contributed by atoms with Gasteiger partial charge in [0.1, 0.15) is 11.6 Å². The van der Waals surface area contributed by atoms with E-state index < -0.39 is 0 Å². The number of anilines is 1. The van der Waals surface area contributed by atoms with Gasteiger partial charge in [-0.15, -0.1) is 0 Å². The molecule has 0 amide bonds. The fraction of sp³-hybridized carbons (Fsp3) is 0.200. The van der Waals surface area contributed by atoms with Crippen LogP contribution < -0.4 is 4.90 Å². The first-order valence-electron chi connectivity index (χ1n) is 5.85. The molecule has 1 unspecified atom stereocenters. The number of hydrogen-bond acceptors (Lipinski definition) is 2. The molecule has 1 N–H and O–H groups in total. The zero-order chi connectivity index (χ0) is 13.1. The summed E-state index contributed by atoms with van der Waals surface area (Å²) in [4.78, 5) is 1.97. The number of hydrogen-bond donors (Lipinski definition) is 1. The minimum atomic E-state index is -0.248. The molecule has 2 aromatic rings. The number of halogens is 1. The van der Waals surface area contributed by atoms with E-state index in [-0.39, 0.29) is 17.6 Å². The molecule has 2 nitrogen and oxygen atoms in total. The molecule has 0 aromatic heterocycles. The van der Waals surface area contributed by atoms with Gasteiger partial charge in [-0.1, -0.05) is 18.2 Å². The molecule has 94 valence electrons. The number of nitrogens with zero attached hydrogens (tertiary/aromatic N) is 1. The Morgan fingerprint density at radius 2 is 1.83 bits per heavy atom. The largest absolute Gasteiger partial charge is 0.508 e. The van der Waals surface area contributed by atoms with Crippen molar-refractivity contribution in [2.45, 2.75) is 13.0 Å². The van der Waals surface area contributed by atoms with Gasteiger partial charge in [-0.3, -0.25) is 0 Å². The van der Waals surface area contributed by atoms with Crippen LogP contribution in [0.4, 0.5) is 10.1 Å². The Bertz CT molecular complexity index is 492. The third-order valence-electron chi connectivity index (χ3n) is 3.15. The van der Waals surface area contributed by atoms with Crippen molar-refractivity contribution in [1.29, 1.82) is 0 Å². The number of aromatic hydroxyl groups is 1. The average Bonchev–Trinajstić information content (AvgIpc) is 2.37. The van der Waals surface area contributed by atoms with Crippen LogP contribution in [0.5, 0.6) is 5.75 Å². The first kappa shape index (κ1) is 12.4. The van der Waals surface area contributed by atoms with E-state index in [4.69, 9.17) is 0 Å². The molecule has 1 atom stereocenters. The van der Waals surface area contributed by atoms with E-state index in [9.17, 15) is 9.50 Å². The van der Waals surface area contributed by atoms with E-state index in [1.807, 2.05) is 31.0 Å². The molecule has 2 rings (SSSR count). The van der Waals surface area contributed by atoms with Crippen LogP contribution in [-0.2, 0) is 0 Å². The van der Waals surface area contributed by atoms with Crippen molar-refractivity contribution in [2.24, 2.45) is 0 Å². The minimum absolute atomic E-state index is 0.0545. The van der Waals surface area contributed by atoms with Crippen LogP contribution in [0.25, 0.3) is 0 Å². The lowest BCUT2D eigenvalue weighted by atomic mass is 10.1. The van der Waals surface area contributed by atoms with Gasteiger partial charge >= 0.3 is 0 Å². The van der Waals surface area contributed by atoms with E-state index >= 15 is 0 Å². The fourth-order valence-corrected chi connectivity index (χ4v) is 1.93. The summed E-state index contributed by atoms with van der Waals surface area (Å²) in [6, 6.07) is 13.6. The van der Waals surface area contributed by atoms with E-state index in [1.54, 1.807) is 24.3 Å². The van der Waals surface area contributed by atoms with Gasteiger partial charge in [-0.2, -0.15) is 0 Å². The predicted octanol–water partition coefficient (Wildman–Crippen LogP) is 3.73. The smallest absolute Gasteiger partial charge is 0.125 e. The summed E-state index contributed by atoms with van der Waals surface area (Å²) in [5.41, 5.74) is 1.80. The number of rotatable bonds is 3. The summed E-state index contributed by atoms with van der Waals surface area (Å²) in [6.07, 6.45) is 0. The lowest BCUT2D eigenvalue weighted by Gasteiger charge is -2.27. The van der Waals surface area contributed by atoms with Gasteiger partial charge < -0.3 is 10.0 Å². The fourth-order valence-electron chi connectivity index (χ4n) is 1.93. The highest BCUT2D eigenvalue weighted by molar-refractivity contribution is 5.48. The van der Waals surface area contributed by atoms with Crippen molar-refractivity contribution in [3.8, 4) is 5.75 Å². The summed E-state index contributed by atoms with van der Waals surface area (Å²) < 4.78 is 13.2. The molecule has 0 spiro atoms. The summed E-state index contributed by atoms with van der Waals surface area (Å²) in [6.45, 7) is 2.01. The van der Waals surface area contributed by atoms with E-state index in [0.29, 0.717) is 0 Å². The second kappa shape index (κ2) is 5.08. The van der Waals surface area contributed by atoms with Crippen LogP contribution in [0.3, 0.4) is 0 Å². The molecule has 0 aliphatic rings. The Morgan fingerprint density at radius 3 is 2.50 bits per heavy atom. The highest BCUT2D eigenvalue weighted by Gasteiger charge is 2.13. The molecule has 0 saturated heterocycles. The molecule has 3 heteroatoms. The van der Waals surface area contributed by atoms with E-state index in [2.05, 4.69) is 0 Å². The predicted molar refractivity (Wildman–Crippen MR) is 71.3 cm³/mol. The first-order chi connectivity index (χ1) is 8.58. The number of phenolic OH excluding ortho intramolecular Hbond substituents is 1. The third-order valence-corrected chi connectivity index (χ3v) is 3.15. The molecule has 0 fully saturated rings. The maximum Gasteiger partial charge on any atom is 0.125 e. The van der Waals surface area contributed by atoms with E-state index in [1.165, 1.54) is 12.1 Å². The molecular formula is C15H16FNO. The third kappa shape index (κ3) is 2.62. The zero-order valence-corrected chi connectivity index (χ0v) is 10.5. The highest BCUT2D eigenvalue weighted by atomic mass is 19.1. The van der Waals surface area contributed by atoms with Crippen molar-refractivity contribution in [1.82, 2.24) is 0 Å². The van der Waals surface area contributed by atoms with Crippen LogP contribution in [0.1, 0.15) is 18.5 Å². The maximum absolute atomic E-state index is 13.2. The summed E-state index contributed by atoms with van der Waals surface area (Å²) >= 11 is 0. The number of benzene rings is 2.